The highest BCUT2D eigenvalue weighted by molar-refractivity contribution is 9.11. The van der Waals surface area contributed by atoms with Gasteiger partial charge in [0.05, 0.1) is 21.3 Å². The van der Waals surface area contributed by atoms with Crippen LogP contribution in [0.2, 0.25) is 0 Å². The van der Waals surface area contributed by atoms with Gasteiger partial charge in [-0.3, -0.25) is 4.79 Å². The molecule has 1 aromatic heterocycles. The summed E-state index contributed by atoms with van der Waals surface area (Å²) in [6.45, 7) is 0.743. The highest BCUT2D eigenvalue weighted by Crippen LogP contribution is 2.43. The molecule has 0 saturated heterocycles. The van der Waals surface area contributed by atoms with Gasteiger partial charge in [-0.25, -0.2) is 0 Å². The van der Waals surface area contributed by atoms with Crippen LogP contribution in [0.15, 0.2) is 15.9 Å². The normalized spacial score (nSPS) is 17.4. The van der Waals surface area contributed by atoms with E-state index in [1.807, 2.05) is 13.1 Å². The summed E-state index contributed by atoms with van der Waals surface area (Å²) in [4.78, 5) is 14.0. The number of ether oxygens (including phenoxy) is 1. The molecule has 1 aliphatic carbocycles. The summed E-state index contributed by atoms with van der Waals surface area (Å²) in [5.74, 6) is -0.0637. The molecule has 0 aliphatic heterocycles. The van der Waals surface area contributed by atoms with Crippen molar-refractivity contribution in [1.82, 2.24) is 0 Å². The lowest BCUT2D eigenvalue weighted by molar-refractivity contribution is -0.157. The van der Waals surface area contributed by atoms with E-state index in [0.717, 1.165) is 29.6 Å². The first-order chi connectivity index (χ1) is 8.07. The quantitative estimate of drug-likeness (QED) is 0.798. The van der Waals surface area contributed by atoms with Crippen molar-refractivity contribution in [2.45, 2.75) is 19.3 Å². The average Bonchev–Trinajstić information content (AvgIpc) is 2.69. The van der Waals surface area contributed by atoms with E-state index in [1.165, 1.54) is 12.1 Å². The molecular weight excluding hydrogens is 302 g/mol. The first-order valence-corrected chi connectivity index (χ1v) is 7.23. The van der Waals surface area contributed by atoms with Crippen LogP contribution in [0.4, 0.5) is 5.00 Å². The molecule has 0 N–H and O–H groups in total. The van der Waals surface area contributed by atoms with Crippen LogP contribution >= 0.6 is 27.3 Å². The molecule has 5 heteroatoms. The van der Waals surface area contributed by atoms with E-state index in [4.69, 9.17) is 4.74 Å². The standard InChI is InChI=1S/C12H16BrNO2S/c1-14(10-5-4-9(13)17-10)8-12(6-3-7-12)11(15)16-2/h4-5H,3,6-8H2,1-2H3. The van der Waals surface area contributed by atoms with Gasteiger partial charge in [-0.15, -0.1) is 11.3 Å². The summed E-state index contributed by atoms with van der Waals surface area (Å²) in [6.07, 6.45) is 3.00. The van der Waals surface area contributed by atoms with Gasteiger partial charge in [0.25, 0.3) is 0 Å². The molecule has 0 atom stereocenters. The maximum atomic E-state index is 11.8. The molecular formula is C12H16BrNO2S. The Morgan fingerprint density at radius 2 is 2.29 bits per heavy atom. The van der Waals surface area contributed by atoms with Gasteiger partial charge in [-0.1, -0.05) is 6.42 Å². The number of esters is 1. The van der Waals surface area contributed by atoms with Gasteiger partial charge in [0.2, 0.25) is 0 Å². The molecule has 0 amide bonds. The third kappa shape index (κ3) is 2.50. The molecule has 17 heavy (non-hydrogen) atoms. The lowest BCUT2D eigenvalue weighted by Gasteiger charge is -2.41. The first-order valence-electron chi connectivity index (χ1n) is 5.62. The SMILES string of the molecule is COC(=O)C1(CN(C)c2ccc(Br)s2)CCC1. The molecule has 0 unspecified atom stereocenters. The molecule has 0 aromatic carbocycles. The summed E-state index contributed by atoms with van der Waals surface area (Å²) in [5.41, 5.74) is -0.278. The summed E-state index contributed by atoms with van der Waals surface area (Å²) in [7, 11) is 3.51. The maximum Gasteiger partial charge on any atom is 0.313 e. The number of halogens is 1. The van der Waals surface area contributed by atoms with Crippen molar-refractivity contribution >= 4 is 38.2 Å². The van der Waals surface area contributed by atoms with Gasteiger partial charge in [0.15, 0.2) is 0 Å². The second-order valence-corrected chi connectivity index (χ2v) is 7.00. The Hall–Kier alpha value is -0.550. The zero-order valence-corrected chi connectivity index (χ0v) is 12.4. The van der Waals surface area contributed by atoms with E-state index in [9.17, 15) is 4.79 Å². The van der Waals surface area contributed by atoms with E-state index in [-0.39, 0.29) is 11.4 Å². The van der Waals surface area contributed by atoms with Crippen LogP contribution in [0, 0.1) is 5.41 Å². The van der Waals surface area contributed by atoms with Crippen LogP contribution in [0.25, 0.3) is 0 Å². The molecule has 94 valence electrons. The fraction of sp³-hybridized carbons (Fsp3) is 0.583. The van der Waals surface area contributed by atoms with Crippen molar-refractivity contribution < 1.29 is 9.53 Å². The number of carbonyl (C=O) groups excluding carboxylic acids is 1. The van der Waals surface area contributed by atoms with Gasteiger partial charge in [-0.2, -0.15) is 0 Å². The smallest absolute Gasteiger partial charge is 0.313 e. The van der Waals surface area contributed by atoms with E-state index < -0.39 is 0 Å². The number of thiophene rings is 1. The van der Waals surface area contributed by atoms with Crippen LogP contribution in [0.3, 0.4) is 0 Å². The van der Waals surface area contributed by atoms with Gasteiger partial charge in [0.1, 0.15) is 0 Å². The predicted octanol–water partition coefficient (Wildman–Crippen LogP) is 3.29. The molecule has 1 saturated carbocycles. The lowest BCUT2D eigenvalue weighted by atomic mass is 9.68. The molecule has 0 bridgehead atoms. The number of methoxy groups -OCH3 is 1. The van der Waals surface area contributed by atoms with Crippen molar-refractivity contribution in [3.05, 3.63) is 15.9 Å². The highest BCUT2D eigenvalue weighted by atomic mass is 79.9. The number of carbonyl (C=O) groups is 1. The fourth-order valence-electron chi connectivity index (χ4n) is 2.29. The second kappa shape index (κ2) is 4.98. The van der Waals surface area contributed by atoms with Crippen molar-refractivity contribution in [3.8, 4) is 0 Å². The Balaban J connectivity index is 2.06. The van der Waals surface area contributed by atoms with Crippen LogP contribution in [0.5, 0.6) is 0 Å². The van der Waals surface area contributed by atoms with Crippen LogP contribution < -0.4 is 4.90 Å². The molecule has 0 spiro atoms. The van der Waals surface area contributed by atoms with Gasteiger partial charge in [-0.05, 0) is 40.9 Å². The Labute approximate surface area is 114 Å². The summed E-state index contributed by atoms with van der Waals surface area (Å²) >= 11 is 5.13. The average molecular weight is 318 g/mol. The minimum Gasteiger partial charge on any atom is -0.469 e. The minimum absolute atomic E-state index is 0.0637. The second-order valence-electron chi connectivity index (χ2n) is 4.56. The minimum atomic E-state index is -0.278. The van der Waals surface area contributed by atoms with Gasteiger partial charge in [0, 0.05) is 13.6 Å². The summed E-state index contributed by atoms with van der Waals surface area (Å²) in [5, 5.41) is 1.17. The Morgan fingerprint density at radius 3 is 2.71 bits per heavy atom. The van der Waals surface area contributed by atoms with E-state index in [1.54, 1.807) is 11.3 Å². The van der Waals surface area contributed by atoms with E-state index in [2.05, 4.69) is 26.9 Å². The zero-order chi connectivity index (χ0) is 12.5. The Kier molecular flexibility index (Phi) is 3.78. The molecule has 3 nitrogen and oxygen atoms in total. The van der Waals surface area contributed by atoms with E-state index >= 15 is 0 Å². The van der Waals surface area contributed by atoms with Crippen molar-refractivity contribution in [2.24, 2.45) is 5.41 Å². The number of nitrogens with zero attached hydrogens (tertiary/aromatic N) is 1. The van der Waals surface area contributed by atoms with Gasteiger partial charge >= 0.3 is 5.97 Å². The van der Waals surface area contributed by atoms with Gasteiger partial charge < -0.3 is 9.64 Å². The van der Waals surface area contributed by atoms with E-state index in [0.29, 0.717) is 0 Å². The Bertz CT molecular complexity index is 414. The maximum absolute atomic E-state index is 11.8. The summed E-state index contributed by atoms with van der Waals surface area (Å²) in [6, 6.07) is 4.10. The predicted molar refractivity (Wildman–Crippen MR) is 73.6 cm³/mol. The third-order valence-corrected chi connectivity index (χ3v) is 5.14. The molecule has 0 radical (unpaired) electrons. The topological polar surface area (TPSA) is 29.5 Å². The monoisotopic (exact) mass is 317 g/mol. The van der Waals surface area contributed by atoms with Crippen LogP contribution in [-0.4, -0.2) is 26.7 Å². The van der Waals surface area contributed by atoms with Crippen molar-refractivity contribution in [2.75, 3.05) is 25.6 Å². The number of anilines is 1. The molecule has 1 heterocycles. The van der Waals surface area contributed by atoms with Crippen LogP contribution in [0.1, 0.15) is 19.3 Å². The highest BCUT2D eigenvalue weighted by Gasteiger charge is 2.46. The molecule has 2 rings (SSSR count). The van der Waals surface area contributed by atoms with Crippen molar-refractivity contribution in [3.63, 3.8) is 0 Å². The largest absolute Gasteiger partial charge is 0.469 e. The van der Waals surface area contributed by atoms with Crippen molar-refractivity contribution in [1.29, 1.82) is 0 Å². The fourth-order valence-corrected chi connectivity index (χ4v) is 3.61. The lowest BCUT2D eigenvalue weighted by Crippen LogP contribution is -2.47. The van der Waals surface area contributed by atoms with Crippen LogP contribution in [-0.2, 0) is 9.53 Å². The summed E-state index contributed by atoms with van der Waals surface area (Å²) < 4.78 is 6.04. The number of rotatable bonds is 4. The molecule has 1 fully saturated rings. The number of hydrogen-bond acceptors (Lipinski definition) is 4. The first kappa shape index (κ1) is 12.9. The Morgan fingerprint density at radius 1 is 1.59 bits per heavy atom. The zero-order valence-electron chi connectivity index (χ0n) is 10.0. The number of hydrogen-bond donors (Lipinski definition) is 0. The third-order valence-electron chi connectivity index (χ3n) is 3.40. The molecule has 1 aliphatic rings. The molecule has 1 aromatic rings.